The summed E-state index contributed by atoms with van der Waals surface area (Å²) in [4.78, 5) is 18.9. The summed E-state index contributed by atoms with van der Waals surface area (Å²) >= 11 is 0. The van der Waals surface area contributed by atoms with Crippen LogP contribution < -0.4 is 0 Å². The zero-order valence-corrected chi connectivity index (χ0v) is 15.7. The Morgan fingerprint density at radius 2 is 1.75 bits per heavy atom. The first-order valence-electron chi connectivity index (χ1n) is 9.86. The van der Waals surface area contributed by atoms with Crippen LogP contribution in [0.3, 0.4) is 0 Å². The number of hydrogen-bond acceptors (Lipinski definition) is 4. The number of likely N-dealkylation sites (tertiary alicyclic amines) is 1. The average molecular weight is 373 g/mol. The van der Waals surface area contributed by atoms with E-state index >= 15 is 0 Å². The molecule has 0 bridgehead atoms. The van der Waals surface area contributed by atoms with E-state index < -0.39 is 0 Å². The third-order valence-corrected chi connectivity index (χ3v) is 5.83. The van der Waals surface area contributed by atoms with Crippen molar-refractivity contribution in [1.82, 2.24) is 24.8 Å². The molecular formula is C22H23N5O. The van der Waals surface area contributed by atoms with Crippen LogP contribution in [0.2, 0.25) is 0 Å². The lowest BCUT2D eigenvalue weighted by molar-refractivity contribution is 0.0767. The Labute approximate surface area is 164 Å². The Kier molecular flexibility index (Phi) is 4.41. The Bertz CT molecular complexity index is 983. The molecule has 1 saturated heterocycles. The minimum absolute atomic E-state index is 0.0258. The van der Waals surface area contributed by atoms with Crippen LogP contribution >= 0.6 is 0 Å². The van der Waals surface area contributed by atoms with Crippen LogP contribution in [-0.2, 0) is 13.0 Å². The van der Waals surface area contributed by atoms with Gasteiger partial charge in [-0.05, 0) is 36.1 Å². The second-order valence-electron chi connectivity index (χ2n) is 7.54. The first-order valence-corrected chi connectivity index (χ1v) is 9.86. The molecule has 1 fully saturated rings. The minimum Gasteiger partial charge on any atom is -0.336 e. The highest BCUT2D eigenvalue weighted by Crippen LogP contribution is 2.25. The number of amides is 1. The normalized spacial score (nSPS) is 19.6. The number of para-hydroxylation sites is 1. The van der Waals surface area contributed by atoms with Crippen molar-refractivity contribution in [1.29, 1.82) is 0 Å². The molecule has 1 aromatic heterocycles. The van der Waals surface area contributed by atoms with E-state index in [0.29, 0.717) is 11.7 Å². The van der Waals surface area contributed by atoms with Crippen molar-refractivity contribution in [3.05, 3.63) is 77.6 Å². The highest BCUT2D eigenvalue weighted by molar-refractivity contribution is 5.92. The molecule has 1 atom stereocenters. The van der Waals surface area contributed by atoms with Crippen molar-refractivity contribution in [2.24, 2.45) is 0 Å². The van der Waals surface area contributed by atoms with Gasteiger partial charge >= 0.3 is 0 Å². The smallest absolute Gasteiger partial charge is 0.276 e. The van der Waals surface area contributed by atoms with E-state index in [1.807, 2.05) is 35.2 Å². The van der Waals surface area contributed by atoms with E-state index in [0.717, 1.165) is 44.7 Å². The minimum atomic E-state index is -0.0258. The molecule has 2 aliphatic rings. The predicted molar refractivity (Wildman–Crippen MR) is 106 cm³/mol. The van der Waals surface area contributed by atoms with Crippen LogP contribution in [0.5, 0.6) is 0 Å². The van der Waals surface area contributed by atoms with Crippen LogP contribution in [-0.4, -0.2) is 56.4 Å². The molecule has 5 rings (SSSR count). The van der Waals surface area contributed by atoms with Gasteiger partial charge in [-0.25, -0.2) is 0 Å². The van der Waals surface area contributed by atoms with Crippen molar-refractivity contribution in [2.75, 3.05) is 19.6 Å². The van der Waals surface area contributed by atoms with Crippen LogP contribution in [0.25, 0.3) is 5.69 Å². The maximum Gasteiger partial charge on any atom is 0.276 e. The molecule has 3 heterocycles. The number of carbonyl (C=O) groups excluding carboxylic acids is 1. The van der Waals surface area contributed by atoms with E-state index in [2.05, 4.69) is 39.4 Å². The molecule has 0 spiro atoms. The summed E-state index contributed by atoms with van der Waals surface area (Å²) in [7, 11) is 0. The largest absolute Gasteiger partial charge is 0.336 e. The molecule has 1 unspecified atom stereocenters. The van der Waals surface area contributed by atoms with Gasteiger partial charge in [0.15, 0.2) is 5.69 Å². The van der Waals surface area contributed by atoms with Gasteiger partial charge in [-0.2, -0.15) is 9.90 Å². The van der Waals surface area contributed by atoms with Gasteiger partial charge in [-0.1, -0.05) is 42.5 Å². The van der Waals surface area contributed by atoms with E-state index in [-0.39, 0.29) is 5.91 Å². The number of hydrogen-bond donors (Lipinski definition) is 0. The van der Waals surface area contributed by atoms with E-state index in [4.69, 9.17) is 0 Å². The number of carbonyl (C=O) groups is 1. The molecule has 142 valence electrons. The topological polar surface area (TPSA) is 54.3 Å². The van der Waals surface area contributed by atoms with E-state index in [1.165, 1.54) is 15.9 Å². The maximum atomic E-state index is 12.9. The third kappa shape index (κ3) is 3.20. The number of benzene rings is 2. The fourth-order valence-corrected chi connectivity index (χ4v) is 4.26. The Balaban J connectivity index is 1.25. The van der Waals surface area contributed by atoms with Gasteiger partial charge in [-0.15, -0.1) is 5.10 Å². The number of rotatable bonds is 3. The summed E-state index contributed by atoms with van der Waals surface area (Å²) in [6.45, 7) is 3.58. The molecule has 28 heavy (non-hydrogen) atoms. The second-order valence-corrected chi connectivity index (χ2v) is 7.54. The van der Waals surface area contributed by atoms with Crippen LogP contribution in [0.4, 0.5) is 0 Å². The molecule has 6 nitrogen and oxygen atoms in total. The summed E-state index contributed by atoms with van der Waals surface area (Å²) in [6.07, 6.45) is 3.67. The summed E-state index contributed by atoms with van der Waals surface area (Å²) in [5, 5.41) is 8.65. The third-order valence-electron chi connectivity index (χ3n) is 5.83. The highest BCUT2D eigenvalue weighted by Gasteiger charge is 2.33. The number of fused-ring (bicyclic) bond motifs is 1. The number of nitrogens with zero attached hydrogens (tertiary/aromatic N) is 5. The van der Waals surface area contributed by atoms with Crippen LogP contribution in [0, 0.1) is 0 Å². The summed E-state index contributed by atoms with van der Waals surface area (Å²) in [6, 6.07) is 18.8. The molecule has 6 heteroatoms. The van der Waals surface area contributed by atoms with Gasteiger partial charge < -0.3 is 4.90 Å². The zero-order valence-electron chi connectivity index (χ0n) is 15.7. The SMILES string of the molecule is O=C(c1cnn(-c2ccccc2)n1)N1CCC(N2CCc3ccccc3C2)C1. The van der Waals surface area contributed by atoms with Gasteiger partial charge in [0, 0.05) is 32.2 Å². The highest BCUT2D eigenvalue weighted by atomic mass is 16.2. The molecule has 0 saturated carbocycles. The van der Waals surface area contributed by atoms with E-state index in [9.17, 15) is 4.79 Å². The lowest BCUT2D eigenvalue weighted by Crippen LogP contribution is -2.41. The van der Waals surface area contributed by atoms with Crippen LogP contribution in [0.1, 0.15) is 28.0 Å². The molecule has 1 amide bonds. The molecule has 0 N–H and O–H groups in total. The van der Waals surface area contributed by atoms with Crippen molar-refractivity contribution >= 4 is 5.91 Å². The summed E-state index contributed by atoms with van der Waals surface area (Å²) in [5.41, 5.74) is 4.15. The second kappa shape index (κ2) is 7.20. The van der Waals surface area contributed by atoms with Gasteiger partial charge in [0.1, 0.15) is 0 Å². The average Bonchev–Trinajstić information content (AvgIpc) is 3.44. The Hall–Kier alpha value is -2.99. The quantitative estimate of drug-likeness (QED) is 0.708. The molecule has 0 aliphatic carbocycles. The molecular weight excluding hydrogens is 350 g/mol. The lowest BCUT2D eigenvalue weighted by Gasteiger charge is -2.33. The molecule has 0 radical (unpaired) electrons. The Morgan fingerprint density at radius 1 is 0.964 bits per heavy atom. The Morgan fingerprint density at radius 3 is 2.61 bits per heavy atom. The number of aromatic nitrogens is 3. The van der Waals surface area contributed by atoms with Crippen molar-refractivity contribution in [3.63, 3.8) is 0 Å². The molecule has 2 aliphatic heterocycles. The summed E-state index contributed by atoms with van der Waals surface area (Å²) < 4.78 is 0. The predicted octanol–water partition coefficient (Wildman–Crippen LogP) is 2.54. The van der Waals surface area contributed by atoms with Gasteiger partial charge in [0.25, 0.3) is 5.91 Å². The molecule has 2 aromatic carbocycles. The first-order chi connectivity index (χ1) is 13.8. The maximum absolute atomic E-state index is 12.9. The monoisotopic (exact) mass is 373 g/mol. The van der Waals surface area contributed by atoms with Gasteiger partial charge in [0.05, 0.1) is 11.9 Å². The standard InChI is InChI=1S/C22H23N5O/c28-22(21-14-23-27(24-21)19-8-2-1-3-9-19)26-13-11-20(16-26)25-12-10-17-6-4-5-7-18(17)15-25/h1-9,14,20H,10-13,15-16H2. The van der Waals surface area contributed by atoms with Crippen molar-refractivity contribution in [3.8, 4) is 5.69 Å². The fraction of sp³-hybridized carbons (Fsp3) is 0.318. The lowest BCUT2D eigenvalue weighted by atomic mass is 9.98. The van der Waals surface area contributed by atoms with E-state index in [1.54, 1.807) is 6.20 Å². The van der Waals surface area contributed by atoms with Crippen molar-refractivity contribution in [2.45, 2.75) is 25.4 Å². The van der Waals surface area contributed by atoms with Gasteiger partial charge in [-0.3, -0.25) is 9.69 Å². The fourth-order valence-electron chi connectivity index (χ4n) is 4.26. The molecule has 3 aromatic rings. The zero-order chi connectivity index (χ0) is 18.9. The first kappa shape index (κ1) is 17.1. The van der Waals surface area contributed by atoms with Crippen LogP contribution in [0.15, 0.2) is 60.8 Å². The van der Waals surface area contributed by atoms with Crippen molar-refractivity contribution < 1.29 is 4.79 Å². The summed E-state index contributed by atoms with van der Waals surface area (Å²) in [5.74, 6) is -0.0258. The van der Waals surface area contributed by atoms with Gasteiger partial charge in [0.2, 0.25) is 0 Å².